The summed E-state index contributed by atoms with van der Waals surface area (Å²) in [6.45, 7) is 10.5. The molecule has 1 aromatic heterocycles. The number of ether oxygens (including phenoxy) is 1. The summed E-state index contributed by atoms with van der Waals surface area (Å²) in [4.78, 5) is 19.1. The van der Waals surface area contributed by atoms with Crippen LogP contribution in [0.5, 0.6) is 5.75 Å². The van der Waals surface area contributed by atoms with Crippen molar-refractivity contribution in [3.05, 3.63) is 30.1 Å². The molecule has 2 heterocycles. The molecule has 1 aromatic rings. The van der Waals surface area contributed by atoms with Gasteiger partial charge < -0.3 is 9.64 Å². The fraction of sp³-hybridized carbons (Fsp3) is 0.704. The van der Waals surface area contributed by atoms with Crippen molar-refractivity contribution in [3.8, 4) is 5.75 Å². The number of aromatic nitrogens is 1. The van der Waals surface area contributed by atoms with Gasteiger partial charge in [0, 0.05) is 25.7 Å². The summed E-state index contributed by atoms with van der Waals surface area (Å²) in [6.07, 6.45) is 15.0. The number of likely N-dealkylation sites (tertiary alicyclic amines) is 1. The second-order valence-corrected chi connectivity index (χ2v) is 10.9. The number of carbonyl (C=O) groups is 1. The zero-order valence-corrected chi connectivity index (χ0v) is 19.7. The number of nitrogens with zero attached hydrogens (tertiary/aromatic N) is 2. The van der Waals surface area contributed by atoms with Crippen LogP contribution in [0.1, 0.15) is 78.2 Å². The number of rotatable bonds is 3. The highest BCUT2D eigenvalue weighted by atomic mass is 16.5. The molecule has 5 rings (SSSR count). The summed E-state index contributed by atoms with van der Waals surface area (Å²) in [6, 6.07) is 2.64. The smallest absolute Gasteiger partial charge is 0.219 e. The summed E-state index contributed by atoms with van der Waals surface area (Å²) in [5.74, 6) is 3.38. The Balaban J connectivity index is 1.42. The van der Waals surface area contributed by atoms with Crippen LogP contribution in [0.15, 0.2) is 24.5 Å². The molecule has 2 saturated carbocycles. The second-order valence-electron chi connectivity index (χ2n) is 10.9. The first kappa shape index (κ1) is 21.0. The molecule has 168 valence electrons. The third-order valence-corrected chi connectivity index (χ3v) is 9.63. The van der Waals surface area contributed by atoms with Gasteiger partial charge in [-0.05, 0) is 97.7 Å². The van der Waals surface area contributed by atoms with Crippen molar-refractivity contribution < 1.29 is 9.53 Å². The van der Waals surface area contributed by atoms with E-state index in [0.717, 1.165) is 30.6 Å². The van der Waals surface area contributed by atoms with Crippen LogP contribution in [0.4, 0.5) is 0 Å². The molecule has 6 atom stereocenters. The van der Waals surface area contributed by atoms with Crippen molar-refractivity contribution in [3.63, 3.8) is 0 Å². The Morgan fingerprint density at radius 3 is 2.81 bits per heavy atom. The van der Waals surface area contributed by atoms with E-state index in [0.29, 0.717) is 18.6 Å². The molecule has 0 N–H and O–H groups in total. The van der Waals surface area contributed by atoms with Crippen molar-refractivity contribution >= 4 is 11.5 Å². The van der Waals surface area contributed by atoms with Gasteiger partial charge in [0.1, 0.15) is 5.75 Å². The number of allylic oxidation sites excluding steroid dienone is 2. The highest BCUT2D eigenvalue weighted by molar-refractivity contribution is 5.74. The van der Waals surface area contributed by atoms with Crippen LogP contribution in [-0.4, -0.2) is 35.0 Å². The van der Waals surface area contributed by atoms with Gasteiger partial charge in [-0.25, -0.2) is 0 Å². The van der Waals surface area contributed by atoms with Crippen LogP contribution in [0.2, 0.25) is 0 Å². The molecular formula is C27H38N2O2. The van der Waals surface area contributed by atoms with Crippen LogP contribution in [0, 0.1) is 28.6 Å². The zero-order valence-electron chi connectivity index (χ0n) is 19.7. The molecule has 0 spiro atoms. The molecule has 31 heavy (non-hydrogen) atoms. The lowest BCUT2D eigenvalue weighted by molar-refractivity contribution is -0.151. The van der Waals surface area contributed by atoms with E-state index in [4.69, 9.17) is 4.74 Å². The molecule has 1 saturated heterocycles. The molecule has 4 aliphatic rings. The van der Waals surface area contributed by atoms with Gasteiger partial charge in [0.15, 0.2) is 0 Å². The maximum atomic E-state index is 12.4. The van der Waals surface area contributed by atoms with Crippen molar-refractivity contribution in [2.24, 2.45) is 28.6 Å². The quantitative estimate of drug-likeness (QED) is 0.625. The second kappa shape index (κ2) is 7.64. The summed E-state index contributed by atoms with van der Waals surface area (Å²) in [7, 11) is 0. The Morgan fingerprint density at radius 2 is 2.03 bits per heavy atom. The Bertz CT molecular complexity index is 895. The molecule has 4 nitrogen and oxygen atoms in total. The van der Waals surface area contributed by atoms with E-state index in [1.165, 1.54) is 49.7 Å². The van der Waals surface area contributed by atoms with Gasteiger partial charge in [0.05, 0.1) is 12.8 Å². The predicted molar refractivity (Wildman–Crippen MR) is 124 cm³/mol. The molecule has 3 aliphatic carbocycles. The number of amides is 1. The van der Waals surface area contributed by atoms with Gasteiger partial charge in [0.2, 0.25) is 5.91 Å². The van der Waals surface area contributed by atoms with Gasteiger partial charge in [-0.1, -0.05) is 19.9 Å². The van der Waals surface area contributed by atoms with Gasteiger partial charge in [0.25, 0.3) is 0 Å². The van der Waals surface area contributed by atoms with E-state index in [1.807, 2.05) is 19.3 Å². The van der Waals surface area contributed by atoms with Crippen molar-refractivity contribution in [2.45, 2.75) is 78.7 Å². The minimum absolute atomic E-state index is 0.228. The third-order valence-electron chi connectivity index (χ3n) is 9.63. The van der Waals surface area contributed by atoms with E-state index < -0.39 is 0 Å². The minimum Gasteiger partial charge on any atom is -0.492 e. The standard InChI is InChI=1S/C27H38N2O2/c1-5-31-20-15-19(16-28-17-20)22-8-9-23-21-7-10-25-27(4,12-6-14-29(25)18(2)30)24(21)11-13-26(22,23)3/h8,15-17,21,23-25H,5-7,9-14H2,1-4H3/t21-,23-,24-,25?,26+,27+/m0/s1. The van der Waals surface area contributed by atoms with E-state index in [-0.39, 0.29) is 16.7 Å². The largest absolute Gasteiger partial charge is 0.492 e. The van der Waals surface area contributed by atoms with Crippen LogP contribution in [0.3, 0.4) is 0 Å². The highest BCUT2D eigenvalue weighted by Crippen LogP contribution is 2.66. The maximum Gasteiger partial charge on any atom is 0.219 e. The summed E-state index contributed by atoms with van der Waals surface area (Å²) < 4.78 is 5.74. The highest BCUT2D eigenvalue weighted by Gasteiger charge is 2.59. The predicted octanol–water partition coefficient (Wildman–Crippen LogP) is 5.73. The van der Waals surface area contributed by atoms with E-state index in [1.54, 1.807) is 6.92 Å². The summed E-state index contributed by atoms with van der Waals surface area (Å²) in [5, 5.41) is 0. The van der Waals surface area contributed by atoms with Gasteiger partial charge in [-0.15, -0.1) is 0 Å². The zero-order chi connectivity index (χ0) is 21.8. The number of hydrogen-bond donors (Lipinski definition) is 0. The first-order chi connectivity index (χ1) is 14.9. The van der Waals surface area contributed by atoms with Crippen molar-refractivity contribution in [1.29, 1.82) is 0 Å². The first-order valence-electron chi connectivity index (χ1n) is 12.4. The Labute approximate surface area is 187 Å². The van der Waals surface area contributed by atoms with Gasteiger partial charge >= 0.3 is 0 Å². The van der Waals surface area contributed by atoms with Crippen LogP contribution in [0.25, 0.3) is 5.57 Å². The normalized spacial score (nSPS) is 39.2. The molecule has 1 amide bonds. The van der Waals surface area contributed by atoms with Gasteiger partial charge in [-0.2, -0.15) is 0 Å². The SMILES string of the molecule is CCOc1cncc(C2=CC[C@H]3[C@@H]4CCC5N(C(C)=O)CCC[C@]5(C)[C@H]4CC[C@]23C)c1. The monoisotopic (exact) mass is 422 g/mol. The van der Waals surface area contributed by atoms with E-state index in [9.17, 15) is 4.79 Å². The number of hydrogen-bond acceptors (Lipinski definition) is 3. The third kappa shape index (κ3) is 3.15. The lowest BCUT2D eigenvalue weighted by Gasteiger charge is -2.62. The average molecular weight is 423 g/mol. The molecule has 0 radical (unpaired) electrons. The fourth-order valence-electron chi connectivity index (χ4n) is 8.29. The van der Waals surface area contributed by atoms with E-state index in [2.05, 4.69) is 35.9 Å². The topological polar surface area (TPSA) is 42.4 Å². The van der Waals surface area contributed by atoms with E-state index >= 15 is 0 Å². The molecule has 1 unspecified atom stereocenters. The number of piperidine rings is 1. The first-order valence-corrected chi connectivity index (χ1v) is 12.4. The summed E-state index contributed by atoms with van der Waals surface area (Å²) in [5.41, 5.74) is 3.25. The molecule has 1 aliphatic heterocycles. The number of pyridine rings is 1. The van der Waals surface area contributed by atoms with Crippen LogP contribution >= 0.6 is 0 Å². The fourth-order valence-corrected chi connectivity index (χ4v) is 8.29. The van der Waals surface area contributed by atoms with Gasteiger partial charge in [-0.3, -0.25) is 9.78 Å². The lowest BCUT2D eigenvalue weighted by atomic mass is 9.46. The molecule has 3 fully saturated rings. The van der Waals surface area contributed by atoms with Crippen LogP contribution < -0.4 is 4.74 Å². The summed E-state index contributed by atoms with van der Waals surface area (Å²) >= 11 is 0. The Kier molecular flexibility index (Phi) is 5.18. The molecule has 4 heteroatoms. The molecular weight excluding hydrogens is 384 g/mol. The number of fused-ring (bicyclic) bond motifs is 5. The molecule has 0 bridgehead atoms. The Hall–Kier alpha value is -1.84. The van der Waals surface area contributed by atoms with Crippen molar-refractivity contribution in [2.75, 3.05) is 13.2 Å². The van der Waals surface area contributed by atoms with Crippen LogP contribution in [-0.2, 0) is 4.79 Å². The maximum absolute atomic E-state index is 12.4. The Morgan fingerprint density at radius 1 is 1.19 bits per heavy atom. The average Bonchev–Trinajstić information content (AvgIpc) is 3.10. The lowest BCUT2D eigenvalue weighted by Crippen LogP contribution is -2.61. The minimum atomic E-state index is 0.228. The van der Waals surface area contributed by atoms with Crippen molar-refractivity contribution in [1.82, 2.24) is 9.88 Å². The number of carbonyl (C=O) groups excluding carboxylic acids is 1. The molecule has 0 aromatic carbocycles.